The molecular weight excluding hydrogens is 240 g/mol. The lowest BCUT2D eigenvalue weighted by molar-refractivity contribution is 0.0276. The van der Waals surface area contributed by atoms with Crippen molar-refractivity contribution in [3.05, 3.63) is 0 Å². The Labute approximate surface area is 111 Å². The minimum Gasteiger partial charge on any atom is -0.379 e. The van der Waals surface area contributed by atoms with Gasteiger partial charge in [0.1, 0.15) is 5.56 Å². The fourth-order valence-corrected chi connectivity index (χ4v) is 1.36. The van der Waals surface area contributed by atoms with E-state index in [9.17, 15) is 0 Å². The lowest BCUT2D eigenvalue weighted by Gasteiger charge is -2.11. The molecule has 4 heteroatoms. The van der Waals surface area contributed by atoms with E-state index in [1.165, 1.54) is 6.42 Å². The molecule has 0 aliphatic heterocycles. The van der Waals surface area contributed by atoms with Gasteiger partial charge in [-0.2, -0.15) is 0 Å². The van der Waals surface area contributed by atoms with Gasteiger partial charge < -0.3 is 14.2 Å². The molecule has 0 saturated carbocycles. The van der Waals surface area contributed by atoms with Gasteiger partial charge in [-0.3, -0.25) is 0 Å². The molecule has 0 aromatic carbocycles. The summed E-state index contributed by atoms with van der Waals surface area (Å²) in [4.78, 5) is 0. The molecule has 0 bridgehead atoms. The van der Waals surface area contributed by atoms with Gasteiger partial charge in [0.05, 0.1) is 19.8 Å². The van der Waals surface area contributed by atoms with Crippen LogP contribution < -0.4 is 0 Å². The van der Waals surface area contributed by atoms with Crippen molar-refractivity contribution < 1.29 is 14.2 Å². The van der Waals surface area contributed by atoms with Crippen LogP contribution in [-0.4, -0.2) is 38.6 Å². The lowest BCUT2D eigenvalue weighted by atomic mass is 10.4. The van der Waals surface area contributed by atoms with Crippen molar-refractivity contribution in [1.29, 1.82) is 0 Å². The average Bonchev–Trinajstić information content (AvgIpc) is 2.33. The Morgan fingerprint density at radius 1 is 0.824 bits per heavy atom. The van der Waals surface area contributed by atoms with E-state index in [4.69, 9.17) is 25.8 Å². The third-order valence-electron chi connectivity index (χ3n) is 2.30. The summed E-state index contributed by atoms with van der Waals surface area (Å²) in [5, 5.41) is 0. The van der Waals surface area contributed by atoms with E-state index in [1.807, 2.05) is 0 Å². The van der Waals surface area contributed by atoms with Crippen LogP contribution >= 0.6 is 11.6 Å². The third kappa shape index (κ3) is 14.1. The van der Waals surface area contributed by atoms with Crippen molar-refractivity contribution >= 4 is 11.6 Å². The van der Waals surface area contributed by atoms with Crippen LogP contribution in [0.1, 0.15) is 46.0 Å². The predicted molar refractivity (Wildman–Crippen MR) is 71.7 cm³/mol. The average molecular weight is 267 g/mol. The van der Waals surface area contributed by atoms with Crippen LogP contribution in [0.2, 0.25) is 0 Å². The van der Waals surface area contributed by atoms with E-state index in [-0.39, 0.29) is 5.56 Å². The summed E-state index contributed by atoms with van der Waals surface area (Å²) in [5.74, 6) is 0. The minimum absolute atomic E-state index is 0.220. The molecule has 104 valence electrons. The van der Waals surface area contributed by atoms with Gasteiger partial charge in [-0.15, -0.1) is 0 Å². The largest absolute Gasteiger partial charge is 0.379 e. The zero-order valence-corrected chi connectivity index (χ0v) is 12.0. The summed E-state index contributed by atoms with van der Waals surface area (Å²) >= 11 is 5.96. The molecule has 0 aromatic heterocycles. The van der Waals surface area contributed by atoms with Crippen LogP contribution in [0.4, 0.5) is 0 Å². The maximum atomic E-state index is 5.96. The molecule has 17 heavy (non-hydrogen) atoms. The smallest absolute Gasteiger partial charge is 0.133 e. The topological polar surface area (TPSA) is 27.7 Å². The molecule has 0 heterocycles. The van der Waals surface area contributed by atoms with E-state index in [2.05, 4.69) is 13.8 Å². The summed E-state index contributed by atoms with van der Waals surface area (Å²) in [5.41, 5.74) is -0.220. The normalized spacial score (nSPS) is 12.9. The zero-order chi connectivity index (χ0) is 12.8. The molecular formula is C13H27ClO3. The first kappa shape index (κ1) is 17.2. The molecule has 0 fully saturated rings. The van der Waals surface area contributed by atoms with Crippen molar-refractivity contribution in [2.24, 2.45) is 0 Å². The molecule has 0 aliphatic carbocycles. The molecule has 0 aromatic rings. The number of halogens is 1. The van der Waals surface area contributed by atoms with E-state index in [0.717, 1.165) is 38.9 Å². The van der Waals surface area contributed by atoms with E-state index < -0.39 is 0 Å². The van der Waals surface area contributed by atoms with Crippen LogP contribution in [0.15, 0.2) is 0 Å². The molecule has 0 spiro atoms. The highest BCUT2D eigenvalue weighted by atomic mass is 35.5. The van der Waals surface area contributed by atoms with Gasteiger partial charge in [-0.1, -0.05) is 38.3 Å². The minimum atomic E-state index is -0.220. The van der Waals surface area contributed by atoms with Crippen LogP contribution in [0, 0.1) is 0 Å². The van der Waals surface area contributed by atoms with Crippen LogP contribution in [-0.2, 0) is 14.2 Å². The van der Waals surface area contributed by atoms with Crippen molar-refractivity contribution in [2.75, 3.05) is 33.0 Å². The summed E-state index contributed by atoms with van der Waals surface area (Å²) in [7, 11) is 0. The maximum Gasteiger partial charge on any atom is 0.133 e. The second-order valence-electron chi connectivity index (χ2n) is 4.00. The molecule has 0 radical (unpaired) electrons. The van der Waals surface area contributed by atoms with Crippen LogP contribution in [0.25, 0.3) is 0 Å². The van der Waals surface area contributed by atoms with E-state index in [0.29, 0.717) is 19.8 Å². The van der Waals surface area contributed by atoms with Gasteiger partial charge in [-0.05, 0) is 12.8 Å². The molecule has 0 amide bonds. The van der Waals surface area contributed by atoms with Crippen LogP contribution in [0.5, 0.6) is 0 Å². The second kappa shape index (κ2) is 14.2. The highest BCUT2D eigenvalue weighted by Crippen LogP contribution is 2.05. The van der Waals surface area contributed by atoms with Gasteiger partial charge >= 0.3 is 0 Å². The van der Waals surface area contributed by atoms with Gasteiger partial charge in [0.2, 0.25) is 0 Å². The Morgan fingerprint density at radius 3 is 2.06 bits per heavy atom. The zero-order valence-electron chi connectivity index (χ0n) is 11.3. The first-order valence-electron chi connectivity index (χ1n) is 6.72. The number of alkyl halides is 1. The Morgan fingerprint density at radius 2 is 1.41 bits per heavy atom. The first-order chi connectivity index (χ1) is 8.31. The van der Waals surface area contributed by atoms with Gasteiger partial charge in [0.15, 0.2) is 0 Å². The monoisotopic (exact) mass is 266 g/mol. The number of hydrogen-bond acceptors (Lipinski definition) is 3. The quantitative estimate of drug-likeness (QED) is 0.377. The third-order valence-corrected chi connectivity index (χ3v) is 2.64. The van der Waals surface area contributed by atoms with E-state index in [1.54, 1.807) is 0 Å². The van der Waals surface area contributed by atoms with Gasteiger partial charge in [0.25, 0.3) is 0 Å². The molecule has 3 nitrogen and oxygen atoms in total. The summed E-state index contributed by atoms with van der Waals surface area (Å²) in [6.07, 6.45) is 5.23. The van der Waals surface area contributed by atoms with E-state index >= 15 is 0 Å². The first-order valence-corrected chi connectivity index (χ1v) is 7.16. The summed E-state index contributed by atoms with van der Waals surface area (Å²) in [6.45, 7) is 7.81. The van der Waals surface area contributed by atoms with Gasteiger partial charge in [-0.25, -0.2) is 0 Å². The summed E-state index contributed by atoms with van der Waals surface area (Å²) in [6, 6.07) is 0. The predicted octanol–water partition coefficient (Wildman–Crippen LogP) is 3.59. The highest BCUT2D eigenvalue weighted by molar-refractivity contribution is 6.19. The standard InChI is InChI=1S/C13H27ClO3/c1-3-5-8-15-11-12-16-10-7-13(14)17-9-6-4-2/h13H,3-12H2,1-2H3. The SMILES string of the molecule is CCCCOCCOCCC(Cl)OCCCC. The molecule has 1 unspecified atom stereocenters. The number of ether oxygens (including phenoxy) is 3. The molecule has 0 rings (SSSR count). The van der Waals surface area contributed by atoms with Crippen molar-refractivity contribution in [3.8, 4) is 0 Å². The number of rotatable bonds is 13. The van der Waals surface area contributed by atoms with Crippen molar-refractivity contribution in [3.63, 3.8) is 0 Å². The molecule has 1 atom stereocenters. The summed E-state index contributed by atoms with van der Waals surface area (Å²) < 4.78 is 16.2. The Kier molecular flexibility index (Phi) is 14.4. The van der Waals surface area contributed by atoms with Crippen LogP contribution in [0.3, 0.4) is 0 Å². The Balaban J connectivity index is 3.05. The molecule has 0 N–H and O–H groups in total. The van der Waals surface area contributed by atoms with Crippen molar-refractivity contribution in [2.45, 2.75) is 51.5 Å². The Bertz CT molecular complexity index is 145. The maximum absolute atomic E-state index is 5.96. The highest BCUT2D eigenvalue weighted by Gasteiger charge is 2.03. The fourth-order valence-electron chi connectivity index (χ4n) is 1.18. The fraction of sp³-hybridized carbons (Fsp3) is 1.00. The van der Waals surface area contributed by atoms with Crippen molar-refractivity contribution in [1.82, 2.24) is 0 Å². The van der Waals surface area contributed by atoms with Gasteiger partial charge in [0, 0.05) is 19.6 Å². The molecule has 0 aliphatic rings. The lowest BCUT2D eigenvalue weighted by Crippen LogP contribution is -2.12. The number of unbranched alkanes of at least 4 members (excludes halogenated alkanes) is 2. The number of hydrogen-bond donors (Lipinski definition) is 0. The molecule has 0 saturated heterocycles. The Hall–Kier alpha value is 0.170. The second-order valence-corrected chi connectivity index (χ2v) is 4.49.